The average Bonchev–Trinajstić information content (AvgIpc) is 3.33. The van der Waals surface area contributed by atoms with E-state index in [0.717, 1.165) is 51.6 Å². The van der Waals surface area contributed by atoms with Gasteiger partial charge in [0, 0.05) is 12.5 Å². The van der Waals surface area contributed by atoms with Crippen LogP contribution < -0.4 is 14.2 Å². The van der Waals surface area contributed by atoms with Gasteiger partial charge in [0.05, 0.1) is 6.61 Å². The number of unbranched alkanes of at least 4 members (excludes halogenated alkanes) is 1. The Kier molecular flexibility index (Phi) is 7.67. The van der Waals surface area contributed by atoms with Crippen LogP contribution in [0.3, 0.4) is 0 Å². The first-order valence-electron chi connectivity index (χ1n) is 12.2. The number of ether oxygens (including phenoxy) is 4. The summed E-state index contributed by atoms with van der Waals surface area (Å²) < 4.78 is 23.2. The molecule has 36 heavy (non-hydrogen) atoms. The van der Waals surface area contributed by atoms with Crippen LogP contribution in [0.2, 0.25) is 0 Å². The first-order valence-corrected chi connectivity index (χ1v) is 12.2. The van der Waals surface area contributed by atoms with Crippen molar-refractivity contribution in [2.45, 2.75) is 39.5 Å². The quantitative estimate of drug-likeness (QED) is 0.129. The summed E-state index contributed by atoms with van der Waals surface area (Å²) in [4.78, 5) is 11.3. The topological polar surface area (TPSA) is 55.4 Å². The predicted octanol–water partition coefficient (Wildman–Crippen LogP) is 7.04. The Morgan fingerprint density at radius 3 is 2.14 bits per heavy atom. The van der Waals surface area contributed by atoms with Crippen molar-refractivity contribution < 1.29 is 28.7 Å². The Morgan fingerprint density at radius 1 is 0.778 bits per heavy atom. The number of fused-ring (bicyclic) bond motifs is 2. The van der Waals surface area contributed by atoms with E-state index < -0.39 is 6.48 Å². The molecule has 0 saturated heterocycles. The van der Waals surface area contributed by atoms with Gasteiger partial charge in [-0.3, -0.25) is 0 Å². The third-order valence-electron chi connectivity index (χ3n) is 6.07. The number of hydrogen-bond acceptors (Lipinski definition) is 6. The molecular weight excluding hydrogens is 456 g/mol. The third-order valence-corrected chi connectivity index (χ3v) is 6.07. The lowest BCUT2D eigenvalue weighted by Gasteiger charge is -2.18. The van der Waals surface area contributed by atoms with E-state index in [-0.39, 0.29) is 6.61 Å². The van der Waals surface area contributed by atoms with Crippen LogP contribution in [-0.2, 0) is 27.7 Å². The molecule has 0 saturated carbocycles. The zero-order chi connectivity index (χ0) is 24.7. The van der Waals surface area contributed by atoms with Crippen molar-refractivity contribution in [2.75, 3.05) is 13.7 Å². The molecule has 0 fully saturated rings. The number of hydrogen-bond donors (Lipinski definition) is 0. The van der Waals surface area contributed by atoms with E-state index in [0.29, 0.717) is 24.7 Å². The Morgan fingerprint density at radius 2 is 1.44 bits per heavy atom. The molecule has 0 aromatic heterocycles. The lowest BCUT2D eigenvalue weighted by Crippen LogP contribution is -2.19. The molecule has 0 bridgehead atoms. The molecule has 0 radical (unpaired) electrons. The zero-order valence-electron chi connectivity index (χ0n) is 20.6. The first-order chi connectivity index (χ1) is 17.8. The fourth-order valence-corrected chi connectivity index (χ4v) is 4.26. The van der Waals surface area contributed by atoms with Crippen LogP contribution in [0.25, 0.3) is 21.9 Å². The summed E-state index contributed by atoms with van der Waals surface area (Å²) in [6.45, 7) is 2.62. The van der Waals surface area contributed by atoms with E-state index >= 15 is 0 Å². The van der Waals surface area contributed by atoms with Gasteiger partial charge in [-0.1, -0.05) is 74.0 Å². The summed E-state index contributed by atoms with van der Waals surface area (Å²) in [7, 11) is 1.55. The van der Waals surface area contributed by atoms with Crippen molar-refractivity contribution in [3.8, 4) is 28.4 Å². The van der Waals surface area contributed by atoms with Gasteiger partial charge in [0.2, 0.25) is 0 Å². The van der Waals surface area contributed by atoms with Gasteiger partial charge in [-0.25, -0.2) is 9.78 Å². The van der Waals surface area contributed by atoms with E-state index in [1.165, 1.54) is 0 Å². The maximum Gasteiger partial charge on any atom is 0.360 e. The second-order valence-electron chi connectivity index (χ2n) is 8.59. The van der Waals surface area contributed by atoms with Gasteiger partial charge in [-0.2, -0.15) is 0 Å². The first kappa shape index (κ1) is 24.1. The summed E-state index contributed by atoms with van der Waals surface area (Å²) in [5, 5.41) is 1.92. The lowest BCUT2D eigenvalue weighted by atomic mass is 9.92. The lowest BCUT2D eigenvalue weighted by molar-refractivity contribution is -0.313. The molecule has 1 heterocycles. The Bertz CT molecular complexity index is 1290. The van der Waals surface area contributed by atoms with Crippen LogP contribution in [0, 0.1) is 0 Å². The molecule has 0 amide bonds. The normalized spacial score (nSPS) is 14.3. The summed E-state index contributed by atoms with van der Waals surface area (Å²) >= 11 is 0. The molecule has 1 aliphatic rings. The highest BCUT2D eigenvalue weighted by Gasteiger charge is 2.27. The fourth-order valence-electron chi connectivity index (χ4n) is 4.26. The summed E-state index contributed by atoms with van der Waals surface area (Å²) in [6.07, 6.45) is 2.01. The SMILES string of the molecule is CCCCOc1cc(COOCc2ccccc2)c(-c2ccccc2)c2cc3c(cc12)OC(OC)O3. The molecule has 1 atom stereocenters. The summed E-state index contributed by atoms with van der Waals surface area (Å²) in [5.41, 5.74) is 4.09. The second kappa shape index (κ2) is 11.4. The maximum atomic E-state index is 6.26. The van der Waals surface area contributed by atoms with Crippen molar-refractivity contribution in [3.63, 3.8) is 0 Å². The summed E-state index contributed by atoms with van der Waals surface area (Å²) in [5.74, 6) is 2.03. The van der Waals surface area contributed by atoms with Crippen LogP contribution >= 0.6 is 0 Å². The highest BCUT2D eigenvalue weighted by atomic mass is 17.2. The minimum atomic E-state index is -0.768. The van der Waals surface area contributed by atoms with E-state index in [1.54, 1.807) is 7.11 Å². The van der Waals surface area contributed by atoms with Gasteiger partial charge in [-0.15, -0.1) is 0 Å². The van der Waals surface area contributed by atoms with E-state index in [9.17, 15) is 0 Å². The van der Waals surface area contributed by atoms with Crippen LogP contribution in [-0.4, -0.2) is 20.2 Å². The van der Waals surface area contributed by atoms with Gasteiger partial charge in [0.15, 0.2) is 11.5 Å². The van der Waals surface area contributed by atoms with Gasteiger partial charge < -0.3 is 18.9 Å². The largest absolute Gasteiger partial charge is 0.493 e. The smallest absolute Gasteiger partial charge is 0.360 e. The molecule has 5 rings (SSSR count). The standard InChI is InChI=1S/C30H30O6/c1-3-4-15-32-26-16-23(20-34-33-19-21-11-7-5-8-12-21)29(22-13-9-6-10-14-22)25-18-28-27(17-24(25)26)35-30(31-2)36-28/h5-14,16-18,30H,3-4,15,19-20H2,1-2H3. The van der Waals surface area contributed by atoms with E-state index in [4.69, 9.17) is 28.7 Å². The minimum absolute atomic E-state index is 0.256. The van der Waals surface area contributed by atoms with E-state index in [2.05, 4.69) is 19.1 Å². The summed E-state index contributed by atoms with van der Waals surface area (Å²) in [6, 6.07) is 26.2. The van der Waals surface area contributed by atoms with E-state index in [1.807, 2.05) is 66.7 Å². The Hall–Kier alpha value is -3.58. The predicted molar refractivity (Wildman–Crippen MR) is 138 cm³/mol. The van der Waals surface area contributed by atoms with Crippen molar-refractivity contribution in [1.29, 1.82) is 0 Å². The molecule has 0 spiro atoms. The highest BCUT2D eigenvalue weighted by Crippen LogP contribution is 2.46. The van der Waals surface area contributed by atoms with Crippen LogP contribution in [0.5, 0.6) is 17.2 Å². The molecule has 6 nitrogen and oxygen atoms in total. The highest BCUT2D eigenvalue weighted by molar-refractivity contribution is 6.03. The molecule has 4 aromatic rings. The van der Waals surface area contributed by atoms with Crippen LogP contribution in [0.1, 0.15) is 30.9 Å². The molecular formula is C30H30O6. The second-order valence-corrected chi connectivity index (χ2v) is 8.59. The minimum Gasteiger partial charge on any atom is -0.493 e. The molecule has 186 valence electrons. The van der Waals surface area contributed by atoms with Gasteiger partial charge in [0.25, 0.3) is 0 Å². The van der Waals surface area contributed by atoms with Crippen molar-refractivity contribution >= 4 is 10.8 Å². The number of benzene rings is 4. The molecule has 6 heteroatoms. The molecule has 4 aromatic carbocycles. The van der Waals surface area contributed by atoms with Crippen LogP contribution in [0.4, 0.5) is 0 Å². The van der Waals surface area contributed by atoms with Crippen molar-refractivity contribution in [3.05, 3.63) is 90.0 Å². The monoisotopic (exact) mass is 486 g/mol. The van der Waals surface area contributed by atoms with Crippen molar-refractivity contribution in [2.24, 2.45) is 0 Å². The van der Waals surface area contributed by atoms with Gasteiger partial charge in [-0.05, 0) is 52.3 Å². The molecule has 0 aliphatic carbocycles. The zero-order valence-corrected chi connectivity index (χ0v) is 20.6. The Labute approximate surface area is 211 Å². The van der Waals surface area contributed by atoms with Crippen molar-refractivity contribution in [1.82, 2.24) is 0 Å². The Balaban J connectivity index is 1.54. The number of rotatable bonds is 11. The molecule has 0 N–H and O–H groups in total. The van der Waals surface area contributed by atoms with Crippen LogP contribution in [0.15, 0.2) is 78.9 Å². The fraction of sp³-hybridized carbons (Fsp3) is 0.267. The average molecular weight is 487 g/mol. The number of methoxy groups -OCH3 is 1. The third kappa shape index (κ3) is 5.31. The molecule has 1 unspecified atom stereocenters. The maximum absolute atomic E-state index is 6.26. The van der Waals surface area contributed by atoms with Gasteiger partial charge >= 0.3 is 6.48 Å². The molecule has 1 aliphatic heterocycles. The van der Waals surface area contributed by atoms with Gasteiger partial charge in [0.1, 0.15) is 19.0 Å².